The van der Waals surface area contributed by atoms with Crippen LogP contribution >= 0.6 is 11.6 Å². The number of hydrogen-bond donors (Lipinski definition) is 1. The molecule has 1 amide bonds. The first kappa shape index (κ1) is 12.6. The summed E-state index contributed by atoms with van der Waals surface area (Å²) in [6, 6.07) is 9.43. The van der Waals surface area contributed by atoms with Crippen LogP contribution < -0.4 is 5.32 Å². The average Bonchev–Trinajstić information content (AvgIpc) is 2.83. The molecule has 4 nitrogen and oxygen atoms in total. The van der Waals surface area contributed by atoms with Crippen LogP contribution in [0.3, 0.4) is 0 Å². The highest BCUT2D eigenvalue weighted by molar-refractivity contribution is 6.18. The van der Waals surface area contributed by atoms with Crippen LogP contribution in [-0.4, -0.2) is 21.3 Å². The second-order valence-electron chi connectivity index (χ2n) is 4.02. The molecule has 1 aromatic carbocycles. The minimum Gasteiger partial charge on any atom is -0.343 e. The summed E-state index contributed by atoms with van der Waals surface area (Å²) in [5, 5.41) is 2.87. The van der Waals surface area contributed by atoms with Crippen LogP contribution in [0.1, 0.15) is 22.1 Å². The molecular formula is C13H14ClN3O. The first-order valence-electron chi connectivity index (χ1n) is 5.60. The van der Waals surface area contributed by atoms with E-state index in [0.717, 1.165) is 5.56 Å². The van der Waals surface area contributed by atoms with Crippen molar-refractivity contribution in [1.29, 1.82) is 0 Å². The maximum atomic E-state index is 12.0. The molecule has 0 bridgehead atoms. The number of halogens is 1. The number of nitrogens with one attached hydrogen (secondary N) is 1. The number of aryl methyl sites for hydroxylation is 1. The van der Waals surface area contributed by atoms with Gasteiger partial charge in [-0.3, -0.25) is 4.79 Å². The van der Waals surface area contributed by atoms with Crippen LogP contribution in [-0.2, 0) is 7.05 Å². The lowest BCUT2D eigenvalue weighted by atomic mass is 10.1. The van der Waals surface area contributed by atoms with Gasteiger partial charge in [-0.2, -0.15) is 0 Å². The summed E-state index contributed by atoms with van der Waals surface area (Å²) in [5.41, 5.74) is 1.38. The van der Waals surface area contributed by atoms with E-state index < -0.39 is 0 Å². The van der Waals surface area contributed by atoms with E-state index in [0.29, 0.717) is 11.6 Å². The Labute approximate surface area is 111 Å². The highest BCUT2D eigenvalue weighted by Crippen LogP contribution is 2.14. The lowest BCUT2D eigenvalue weighted by molar-refractivity contribution is 0.0935. The van der Waals surface area contributed by atoms with Gasteiger partial charge in [-0.25, -0.2) is 4.98 Å². The van der Waals surface area contributed by atoms with Gasteiger partial charge in [0.05, 0.1) is 12.4 Å². The fraction of sp³-hybridized carbons (Fsp3) is 0.231. The Balaban J connectivity index is 2.10. The van der Waals surface area contributed by atoms with Crippen molar-refractivity contribution in [3.63, 3.8) is 0 Å². The van der Waals surface area contributed by atoms with Crippen molar-refractivity contribution in [2.75, 3.05) is 5.88 Å². The van der Waals surface area contributed by atoms with Crippen molar-refractivity contribution in [2.24, 2.45) is 7.05 Å². The van der Waals surface area contributed by atoms with Crippen LogP contribution in [0, 0.1) is 0 Å². The highest BCUT2D eigenvalue weighted by atomic mass is 35.5. The molecule has 1 unspecified atom stereocenters. The topological polar surface area (TPSA) is 46.9 Å². The SMILES string of the molecule is Cn1cnc(C(=O)NC(CCl)c2ccccc2)c1. The zero-order valence-corrected chi connectivity index (χ0v) is 10.8. The summed E-state index contributed by atoms with van der Waals surface area (Å²) in [5.74, 6) is 0.105. The van der Waals surface area contributed by atoms with Gasteiger partial charge in [0.1, 0.15) is 5.69 Å². The summed E-state index contributed by atoms with van der Waals surface area (Å²) >= 11 is 5.90. The Morgan fingerprint density at radius 3 is 2.72 bits per heavy atom. The van der Waals surface area contributed by atoms with Crippen LogP contribution in [0.4, 0.5) is 0 Å². The summed E-state index contributed by atoms with van der Waals surface area (Å²) in [6.07, 6.45) is 3.26. The molecule has 1 N–H and O–H groups in total. The van der Waals surface area contributed by atoms with Crippen molar-refractivity contribution in [1.82, 2.24) is 14.9 Å². The van der Waals surface area contributed by atoms with E-state index in [-0.39, 0.29) is 11.9 Å². The number of benzene rings is 1. The maximum absolute atomic E-state index is 12.0. The zero-order chi connectivity index (χ0) is 13.0. The first-order valence-corrected chi connectivity index (χ1v) is 6.14. The molecule has 0 aliphatic rings. The number of imidazole rings is 1. The van der Waals surface area contributed by atoms with Crippen LogP contribution in [0.5, 0.6) is 0 Å². The highest BCUT2D eigenvalue weighted by Gasteiger charge is 2.15. The van der Waals surface area contributed by atoms with Crippen LogP contribution in [0.25, 0.3) is 0 Å². The predicted octanol–water partition coefficient (Wildman–Crippen LogP) is 2.13. The van der Waals surface area contributed by atoms with Crippen molar-refractivity contribution in [3.05, 3.63) is 54.1 Å². The number of amides is 1. The maximum Gasteiger partial charge on any atom is 0.271 e. The molecule has 94 valence electrons. The molecule has 18 heavy (non-hydrogen) atoms. The third-order valence-electron chi connectivity index (χ3n) is 2.60. The molecule has 0 fully saturated rings. The lowest BCUT2D eigenvalue weighted by Crippen LogP contribution is -2.29. The summed E-state index contributed by atoms with van der Waals surface area (Å²) < 4.78 is 1.73. The number of hydrogen-bond acceptors (Lipinski definition) is 2. The van der Waals surface area contributed by atoms with Crippen molar-refractivity contribution in [3.8, 4) is 0 Å². The van der Waals surface area contributed by atoms with Gasteiger partial charge in [0, 0.05) is 19.1 Å². The largest absolute Gasteiger partial charge is 0.343 e. The Morgan fingerprint density at radius 1 is 1.44 bits per heavy atom. The molecule has 0 aliphatic carbocycles. The molecule has 1 heterocycles. The van der Waals surface area contributed by atoms with Gasteiger partial charge in [-0.1, -0.05) is 30.3 Å². The van der Waals surface area contributed by atoms with Gasteiger partial charge in [-0.15, -0.1) is 11.6 Å². The van der Waals surface area contributed by atoms with Gasteiger partial charge in [0.15, 0.2) is 0 Å². The minimum atomic E-state index is -0.217. The van der Waals surface area contributed by atoms with Gasteiger partial charge in [0.2, 0.25) is 0 Å². The Morgan fingerprint density at radius 2 is 2.17 bits per heavy atom. The third kappa shape index (κ3) is 2.90. The average molecular weight is 264 g/mol. The van der Waals surface area contributed by atoms with E-state index in [2.05, 4.69) is 10.3 Å². The quantitative estimate of drug-likeness (QED) is 0.859. The second-order valence-corrected chi connectivity index (χ2v) is 4.32. The summed E-state index contributed by atoms with van der Waals surface area (Å²) in [4.78, 5) is 16.0. The van der Waals surface area contributed by atoms with E-state index in [1.54, 1.807) is 17.1 Å². The Hall–Kier alpha value is -1.81. The smallest absolute Gasteiger partial charge is 0.271 e. The van der Waals surface area contributed by atoms with Crippen LogP contribution in [0.2, 0.25) is 0 Å². The standard InChI is InChI=1S/C13H14ClN3O/c1-17-8-12(15-9-17)13(18)16-11(7-14)10-5-3-2-4-6-10/h2-6,8-9,11H,7H2,1H3,(H,16,18). The summed E-state index contributed by atoms with van der Waals surface area (Å²) in [6.45, 7) is 0. The van der Waals surface area contributed by atoms with E-state index >= 15 is 0 Å². The molecule has 2 aromatic rings. The molecule has 1 atom stereocenters. The van der Waals surface area contributed by atoms with Crippen molar-refractivity contribution < 1.29 is 4.79 Å². The summed E-state index contributed by atoms with van der Waals surface area (Å²) in [7, 11) is 1.82. The van der Waals surface area contributed by atoms with E-state index in [4.69, 9.17) is 11.6 Å². The number of alkyl halides is 1. The van der Waals surface area contributed by atoms with Crippen molar-refractivity contribution >= 4 is 17.5 Å². The van der Waals surface area contributed by atoms with Gasteiger partial charge in [-0.05, 0) is 5.56 Å². The monoisotopic (exact) mass is 263 g/mol. The third-order valence-corrected chi connectivity index (χ3v) is 2.91. The molecule has 0 spiro atoms. The number of carbonyl (C=O) groups excluding carboxylic acids is 1. The molecule has 0 radical (unpaired) electrons. The van der Waals surface area contributed by atoms with Gasteiger partial charge >= 0.3 is 0 Å². The molecule has 2 rings (SSSR count). The number of aromatic nitrogens is 2. The Kier molecular flexibility index (Phi) is 3.99. The Bertz CT molecular complexity index is 524. The number of carbonyl (C=O) groups is 1. The van der Waals surface area contributed by atoms with E-state index in [1.807, 2.05) is 37.4 Å². The number of rotatable bonds is 4. The van der Waals surface area contributed by atoms with Crippen molar-refractivity contribution in [2.45, 2.75) is 6.04 Å². The fourth-order valence-electron chi connectivity index (χ4n) is 1.66. The molecular weight excluding hydrogens is 250 g/mol. The number of nitrogens with zero attached hydrogens (tertiary/aromatic N) is 2. The lowest BCUT2D eigenvalue weighted by Gasteiger charge is -2.15. The zero-order valence-electron chi connectivity index (χ0n) is 10.0. The van der Waals surface area contributed by atoms with Gasteiger partial charge < -0.3 is 9.88 Å². The first-order chi connectivity index (χ1) is 8.70. The molecule has 0 saturated heterocycles. The molecule has 1 aromatic heterocycles. The van der Waals surface area contributed by atoms with E-state index in [1.165, 1.54) is 0 Å². The minimum absolute atomic E-state index is 0.206. The van der Waals surface area contributed by atoms with E-state index in [9.17, 15) is 4.79 Å². The second kappa shape index (κ2) is 5.69. The van der Waals surface area contributed by atoms with Crippen LogP contribution in [0.15, 0.2) is 42.9 Å². The fourth-order valence-corrected chi connectivity index (χ4v) is 1.91. The molecule has 0 aliphatic heterocycles. The molecule has 5 heteroatoms. The molecule has 0 saturated carbocycles. The normalized spacial score (nSPS) is 12.1. The van der Waals surface area contributed by atoms with Gasteiger partial charge in [0.25, 0.3) is 5.91 Å². The predicted molar refractivity (Wildman–Crippen MR) is 70.6 cm³/mol.